The third kappa shape index (κ3) is 3.34. The van der Waals surface area contributed by atoms with Crippen molar-refractivity contribution >= 4 is 34.8 Å². The lowest BCUT2D eigenvalue weighted by molar-refractivity contribution is 0.575. The van der Waals surface area contributed by atoms with Crippen LogP contribution in [0.15, 0.2) is 18.2 Å². The third-order valence-corrected chi connectivity index (χ3v) is 2.95. The zero-order valence-electron chi connectivity index (χ0n) is 8.23. The Morgan fingerprint density at radius 2 is 1.86 bits per heavy atom. The van der Waals surface area contributed by atoms with E-state index in [1.807, 2.05) is 12.1 Å². The van der Waals surface area contributed by atoms with Crippen molar-refractivity contribution in [2.75, 3.05) is 0 Å². The van der Waals surface area contributed by atoms with Crippen molar-refractivity contribution in [3.63, 3.8) is 0 Å². The van der Waals surface area contributed by atoms with Gasteiger partial charge in [0.2, 0.25) is 0 Å². The maximum atomic E-state index is 6.23. The molecule has 0 saturated carbocycles. The molecule has 0 bridgehead atoms. The quantitative estimate of drug-likeness (QED) is 0.638. The highest BCUT2D eigenvalue weighted by atomic mass is 35.5. The molecule has 0 spiro atoms. The molecule has 0 nitrogen and oxygen atoms in total. The molecule has 0 saturated heterocycles. The van der Waals surface area contributed by atoms with Crippen LogP contribution in [0.2, 0.25) is 10.0 Å². The molecule has 1 aromatic rings. The molecule has 78 valence electrons. The summed E-state index contributed by atoms with van der Waals surface area (Å²) in [5.41, 5.74) is 0.964. The van der Waals surface area contributed by atoms with Crippen molar-refractivity contribution in [2.45, 2.75) is 25.6 Å². The second kappa shape index (κ2) is 5.25. The zero-order chi connectivity index (χ0) is 10.7. The van der Waals surface area contributed by atoms with Gasteiger partial charge in [-0.05, 0) is 30.0 Å². The van der Waals surface area contributed by atoms with Gasteiger partial charge in [-0.3, -0.25) is 0 Å². The van der Waals surface area contributed by atoms with Crippen LogP contribution in [0.5, 0.6) is 0 Å². The molecule has 0 aromatic heterocycles. The first-order valence-electron chi connectivity index (χ1n) is 4.59. The molecule has 0 heterocycles. The van der Waals surface area contributed by atoms with E-state index in [4.69, 9.17) is 34.8 Å². The summed E-state index contributed by atoms with van der Waals surface area (Å²) < 4.78 is 0. The summed E-state index contributed by atoms with van der Waals surface area (Å²) in [5, 5.41) is 1.27. The summed E-state index contributed by atoms with van der Waals surface area (Å²) in [6.45, 7) is 4.28. The van der Waals surface area contributed by atoms with E-state index in [0.717, 1.165) is 12.0 Å². The standard InChI is InChI=1S/C11H13Cl3/c1-7(2)5-10(13)9-4-3-8(12)6-11(9)14/h3-4,6-7,10H,5H2,1-2H3. The van der Waals surface area contributed by atoms with Gasteiger partial charge in [-0.1, -0.05) is 43.1 Å². The second-order valence-electron chi connectivity index (χ2n) is 3.76. The Morgan fingerprint density at radius 1 is 1.21 bits per heavy atom. The minimum Gasteiger partial charge on any atom is -0.118 e. The second-order valence-corrected chi connectivity index (χ2v) is 5.13. The predicted molar refractivity (Wildman–Crippen MR) is 64.5 cm³/mol. The van der Waals surface area contributed by atoms with Crippen molar-refractivity contribution < 1.29 is 0 Å². The molecule has 0 aliphatic rings. The van der Waals surface area contributed by atoms with E-state index in [0.29, 0.717) is 16.0 Å². The molecule has 1 aromatic carbocycles. The van der Waals surface area contributed by atoms with Gasteiger partial charge in [0, 0.05) is 10.0 Å². The molecule has 0 fully saturated rings. The Kier molecular flexibility index (Phi) is 4.56. The van der Waals surface area contributed by atoms with E-state index >= 15 is 0 Å². The molecular weight excluding hydrogens is 238 g/mol. The summed E-state index contributed by atoms with van der Waals surface area (Å²) in [6.07, 6.45) is 0.920. The van der Waals surface area contributed by atoms with Crippen molar-refractivity contribution in [3.8, 4) is 0 Å². The van der Waals surface area contributed by atoms with Crippen molar-refractivity contribution in [3.05, 3.63) is 33.8 Å². The number of alkyl halides is 1. The van der Waals surface area contributed by atoms with Gasteiger partial charge in [0.15, 0.2) is 0 Å². The summed E-state index contributed by atoms with van der Waals surface area (Å²) >= 11 is 18.1. The van der Waals surface area contributed by atoms with Crippen LogP contribution in [-0.2, 0) is 0 Å². The Labute approximate surface area is 100 Å². The molecule has 0 aliphatic carbocycles. The van der Waals surface area contributed by atoms with Crippen molar-refractivity contribution in [2.24, 2.45) is 5.92 Å². The largest absolute Gasteiger partial charge is 0.118 e. The van der Waals surface area contributed by atoms with E-state index in [2.05, 4.69) is 13.8 Å². The van der Waals surface area contributed by atoms with Crippen molar-refractivity contribution in [1.82, 2.24) is 0 Å². The average Bonchev–Trinajstić information content (AvgIpc) is 2.01. The molecule has 1 rings (SSSR count). The van der Waals surface area contributed by atoms with E-state index in [-0.39, 0.29) is 5.38 Å². The Morgan fingerprint density at radius 3 is 2.36 bits per heavy atom. The van der Waals surface area contributed by atoms with Crippen LogP contribution in [0.25, 0.3) is 0 Å². The third-order valence-electron chi connectivity index (χ3n) is 1.98. The fraction of sp³-hybridized carbons (Fsp3) is 0.455. The summed E-state index contributed by atoms with van der Waals surface area (Å²) in [7, 11) is 0. The molecule has 0 amide bonds. The Bertz CT molecular complexity index is 307. The van der Waals surface area contributed by atoms with Crippen LogP contribution in [0.1, 0.15) is 31.2 Å². The first-order valence-corrected chi connectivity index (χ1v) is 5.79. The van der Waals surface area contributed by atoms with Gasteiger partial charge in [-0.25, -0.2) is 0 Å². The van der Waals surface area contributed by atoms with Gasteiger partial charge in [0.25, 0.3) is 0 Å². The van der Waals surface area contributed by atoms with Gasteiger partial charge in [-0.2, -0.15) is 0 Å². The zero-order valence-corrected chi connectivity index (χ0v) is 10.5. The lowest BCUT2D eigenvalue weighted by atomic mass is 10.0. The molecule has 1 atom stereocenters. The van der Waals surface area contributed by atoms with Crippen LogP contribution < -0.4 is 0 Å². The molecular formula is C11H13Cl3. The van der Waals surface area contributed by atoms with Gasteiger partial charge in [0.05, 0.1) is 5.38 Å². The predicted octanol–water partition coefficient (Wildman–Crippen LogP) is 5.32. The molecule has 0 N–H and O–H groups in total. The fourth-order valence-electron chi connectivity index (χ4n) is 1.30. The van der Waals surface area contributed by atoms with Gasteiger partial charge in [0.1, 0.15) is 0 Å². The SMILES string of the molecule is CC(C)CC(Cl)c1ccc(Cl)cc1Cl. The number of benzene rings is 1. The number of rotatable bonds is 3. The van der Waals surface area contributed by atoms with Gasteiger partial charge in [-0.15, -0.1) is 11.6 Å². The number of hydrogen-bond donors (Lipinski definition) is 0. The lowest BCUT2D eigenvalue weighted by Crippen LogP contribution is -1.97. The molecule has 0 radical (unpaired) electrons. The highest BCUT2D eigenvalue weighted by Crippen LogP contribution is 2.34. The maximum absolute atomic E-state index is 6.23. The molecule has 14 heavy (non-hydrogen) atoms. The van der Waals surface area contributed by atoms with E-state index in [9.17, 15) is 0 Å². The average molecular weight is 252 g/mol. The first kappa shape index (κ1) is 12.2. The molecule has 1 unspecified atom stereocenters. The van der Waals surface area contributed by atoms with Crippen LogP contribution in [0.3, 0.4) is 0 Å². The number of halogens is 3. The minimum absolute atomic E-state index is 0.0280. The highest BCUT2D eigenvalue weighted by molar-refractivity contribution is 6.35. The topological polar surface area (TPSA) is 0 Å². The summed E-state index contributed by atoms with van der Waals surface area (Å²) in [6, 6.07) is 5.44. The first-order chi connectivity index (χ1) is 6.50. The minimum atomic E-state index is -0.0280. The van der Waals surface area contributed by atoms with Gasteiger partial charge >= 0.3 is 0 Å². The van der Waals surface area contributed by atoms with E-state index in [1.54, 1.807) is 6.07 Å². The van der Waals surface area contributed by atoms with Crippen LogP contribution >= 0.6 is 34.8 Å². The lowest BCUT2D eigenvalue weighted by Gasteiger charge is -2.13. The highest BCUT2D eigenvalue weighted by Gasteiger charge is 2.13. The van der Waals surface area contributed by atoms with E-state index < -0.39 is 0 Å². The summed E-state index contributed by atoms with van der Waals surface area (Å²) in [4.78, 5) is 0. The van der Waals surface area contributed by atoms with Gasteiger partial charge < -0.3 is 0 Å². The summed E-state index contributed by atoms with van der Waals surface area (Å²) in [5.74, 6) is 0.559. The van der Waals surface area contributed by atoms with Crippen molar-refractivity contribution in [1.29, 1.82) is 0 Å². The molecule has 3 heteroatoms. The smallest absolute Gasteiger partial charge is 0.0602 e. The van der Waals surface area contributed by atoms with E-state index in [1.165, 1.54) is 0 Å². The number of hydrogen-bond acceptors (Lipinski definition) is 0. The van der Waals surface area contributed by atoms with Crippen LogP contribution in [-0.4, -0.2) is 0 Å². The van der Waals surface area contributed by atoms with Crippen LogP contribution in [0.4, 0.5) is 0 Å². The van der Waals surface area contributed by atoms with Crippen LogP contribution in [0, 0.1) is 5.92 Å². The molecule has 0 aliphatic heterocycles. The Hall–Kier alpha value is 0.0900. The fourth-order valence-corrected chi connectivity index (χ4v) is 2.44. The Balaban J connectivity index is 2.84. The normalized spacial score (nSPS) is 13.3. The maximum Gasteiger partial charge on any atom is 0.0602 e. The monoisotopic (exact) mass is 250 g/mol.